The van der Waals surface area contributed by atoms with Gasteiger partial charge in [0, 0.05) is 24.4 Å². The van der Waals surface area contributed by atoms with Crippen LogP contribution in [0.15, 0.2) is 77.7 Å². The van der Waals surface area contributed by atoms with E-state index in [-0.39, 0.29) is 23.9 Å². The fraction of sp³-hybridized carbons (Fsp3) is 0.174. The molecule has 0 unspecified atom stereocenters. The van der Waals surface area contributed by atoms with E-state index < -0.39 is 0 Å². The van der Waals surface area contributed by atoms with Crippen LogP contribution in [0.25, 0.3) is 0 Å². The van der Waals surface area contributed by atoms with E-state index in [0.717, 1.165) is 11.1 Å². The molecule has 0 bridgehead atoms. The Morgan fingerprint density at radius 1 is 0.900 bits per heavy atom. The van der Waals surface area contributed by atoms with Crippen LogP contribution in [-0.2, 0) is 17.9 Å². The summed E-state index contributed by atoms with van der Waals surface area (Å²) in [4.78, 5) is 35.9. The van der Waals surface area contributed by atoms with E-state index in [9.17, 15) is 14.4 Å². The molecule has 0 spiro atoms. The molecular weight excluding hydrogens is 382 g/mol. The molecule has 0 aliphatic heterocycles. The first-order valence-electron chi connectivity index (χ1n) is 9.47. The molecule has 0 atom stereocenters. The summed E-state index contributed by atoms with van der Waals surface area (Å²) < 4.78 is 6.68. The molecule has 7 heteroatoms. The van der Waals surface area contributed by atoms with Crippen LogP contribution in [-0.4, -0.2) is 30.0 Å². The van der Waals surface area contributed by atoms with Gasteiger partial charge in [0.25, 0.3) is 11.5 Å². The Kier molecular flexibility index (Phi) is 7.00. The molecular formula is C23H23N3O4. The maximum Gasteiger partial charge on any atom is 0.251 e. The van der Waals surface area contributed by atoms with Crippen LogP contribution in [0.2, 0.25) is 0 Å². The summed E-state index contributed by atoms with van der Waals surface area (Å²) in [5.41, 5.74) is 2.32. The maximum atomic E-state index is 12.1. The number of nitrogens with zero attached hydrogens (tertiary/aromatic N) is 1. The van der Waals surface area contributed by atoms with Crippen molar-refractivity contribution in [3.05, 3.63) is 100.0 Å². The Morgan fingerprint density at radius 3 is 2.27 bits per heavy atom. The van der Waals surface area contributed by atoms with Gasteiger partial charge in [0.05, 0.1) is 20.2 Å². The smallest absolute Gasteiger partial charge is 0.251 e. The summed E-state index contributed by atoms with van der Waals surface area (Å²) in [6, 6.07) is 19.4. The zero-order valence-corrected chi connectivity index (χ0v) is 16.6. The van der Waals surface area contributed by atoms with Gasteiger partial charge in [0.1, 0.15) is 5.75 Å². The number of carbonyl (C=O) groups excluding carboxylic acids is 2. The Labute approximate surface area is 174 Å². The second-order valence-electron chi connectivity index (χ2n) is 6.67. The largest absolute Gasteiger partial charge is 0.497 e. The molecule has 0 aliphatic carbocycles. The van der Waals surface area contributed by atoms with Crippen molar-refractivity contribution < 1.29 is 14.3 Å². The second kappa shape index (κ2) is 10.1. The lowest BCUT2D eigenvalue weighted by molar-refractivity contribution is -0.120. The number of methoxy groups -OCH3 is 1. The number of carbonyl (C=O) groups is 2. The first kappa shape index (κ1) is 20.9. The Hall–Kier alpha value is -3.87. The van der Waals surface area contributed by atoms with E-state index in [4.69, 9.17) is 4.74 Å². The van der Waals surface area contributed by atoms with Gasteiger partial charge in [-0.15, -0.1) is 0 Å². The molecule has 7 nitrogen and oxygen atoms in total. The van der Waals surface area contributed by atoms with Gasteiger partial charge >= 0.3 is 0 Å². The highest BCUT2D eigenvalue weighted by Gasteiger charge is 2.08. The summed E-state index contributed by atoms with van der Waals surface area (Å²) in [6.45, 7) is 0.729. The molecule has 0 saturated heterocycles. The number of amides is 2. The molecule has 154 valence electrons. The van der Waals surface area contributed by atoms with E-state index in [1.165, 1.54) is 6.07 Å². The quantitative estimate of drug-likeness (QED) is 0.600. The zero-order valence-electron chi connectivity index (χ0n) is 16.6. The number of pyridine rings is 1. The third kappa shape index (κ3) is 5.81. The summed E-state index contributed by atoms with van der Waals surface area (Å²) in [5, 5.41) is 5.36. The molecule has 0 fully saturated rings. The number of rotatable bonds is 8. The van der Waals surface area contributed by atoms with Crippen molar-refractivity contribution in [2.24, 2.45) is 0 Å². The number of benzene rings is 2. The van der Waals surface area contributed by atoms with E-state index in [1.807, 2.05) is 30.3 Å². The highest BCUT2D eigenvalue weighted by molar-refractivity contribution is 5.96. The molecule has 3 rings (SSSR count). The lowest BCUT2D eigenvalue weighted by atomic mass is 10.1. The second-order valence-corrected chi connectivity index (χ2v) is 6.67. The van der Waals surface area contributed by atoms with Gasteiger partial charge < -0.3 is 19.9 Å². The number of aromatic nitrogens is 1. The first-order chi connectivity index (χ1) is 14.5. The van der Waals surface area contributed by atoms with Crippen LogP contribution < -0.4 is 20.9 Å². The van der Waals surface area contributed by atoms with Crippen molar-refractivity contribution >= 4 is 11.8 Å². The predicted octanol–water partition coefficient (Wildman–Crippen LogP) is 1.95. The summed E-state index contributed by atoms with van der Waals surface area (Å²) >= 11 is 0. The zero-order chi connectivity index (χ0) is 21.3. The normalized spacial score (nSPS) is 10.3. The van der Waals surface area contributed by atoms with Crippen molar-refractivity contribution in [1.29, 1.82) is 0 Å². The molecule has 0 radical (unpaired) electrons. The van der Waals surface area contributed by atoms with E-state index in [1.54, 1.807) is 48.2 Å². The Morgan fingerprint density at radius 2 is 1.60 bits per heavy atom. The topological polar surface area (TPSA) is 89.4 Å². The van der Waals surface area contributed by atoms with Gasteiger partial charge in [0.2, 0.25) is 5.91 Å². The fourth-order valence-electron chi connectivity index (χ4n) is 2.82. The van der Waals surface area contributed by atoms with Crippen molar-refractivity contribution in [2.75, 3.05) is 13.7 Å². The van der Waals surface area contributed by atoms with E-state index in [2.05, 4.69) is 10.6 Å². The van der Waals surface area contributed by atoms with E-state index in [0.29, 0.717) is 24.4 Å². The molecule has 2 N–H and O–H groups in total. The molecule has 2 aromatic carbocycles. The lowest BCUT2D eigenvalue weighted by Gasteiger charge is -2.09. The summed E-state index contributed by atoms with van der Waals surface area (Å²) in [6.07, 6.45) is 1.75. The third-order valence-corrected chi connectivity index (χ3v) is 4.53. The number of hydrogen-bond donors (Lipinski definition) is 2. The molecule has 2 amide bonds. The van der Waals surface area contributed by atoms with E-state index >= 15 is 0 Å². The van der Waals surface area contributed by atoms with Crippen LogP contribution in [0, 0.1) is 0 Å². The van der Waals surface area contributed by atoms with Crippen molar-refractivity contribution in [3.63, 3.8) is 0 Å². The van der Waals surface area contributed by atoms with Crippen molar-refractivity contribution in [3.8, 4) is 5.75 Å². The summed E-state index contributed by atoms with van der Waals surface area (Å²) in [5.74, 6) is 0.0521. The van der Waals surface area contributed by atoms with Crippen LogP contribution in [0.1, 0.15) is 21.5 Å². The van der Waals surface area contributed by atoms with Gasteiger partial charge in [-0.05, 0) is 41.5 Å². The van der Waals surface area contributed by atoms with Crippen molar-refractivity contribution in [1.82, 2.24) is 15.2 Å². The average Bonchev–Trinajstić information content (AvgIpc) is 2.78. The van der Waals surface area contributed by atoms with Gasteiger partial charge in [-0.2, -0.15) is 0 Å². The fourth-order valence-corrected chi connectivity index (χ4v) is 2.82. The average molecular weight is 405 g/mol. The highest BCUT2D eigenvalue weighted by Crippen LogP contribution is 2.11. The minimum absolute atomic E-state index is 0.0504. The monoisotopic (exact) mass is 405 g/mol. The minimum Gasteiger partial charge on any atom is -0.497 e. The van der Waals surface area contributed by atoms with Gasteiger partial charge in [-0.3, -0.25) is 14.4 Å². The predicted molar refractivity (Wildman–Crippen MR) is 113 cm³/mol. The molecule has 1 heterocycles. The highest BCUT2D eigenvalue weighted by atomic mass is 16.5. The lowest BCUT2D eigenvalue weighted by Crippen LogP contribution is -2.36. The molecule has 0 saturated carbocycles. The number of ether oxygens (including phenoxy) is 1. The maximum absolute atomic E-state index is 12.1. The number of nitrogens with one attached hydrogen (secondary N) is 2. The van der Waals surface area contributed by atoms with Gasteiger partial charge in [0.15, 0.2) is 0 Å². The van der Waals surface area contributed by atoms with Gasteiger partial charge in [-0.1, -0.05) is 30.3 Å². The van der Waals surface area contributed by atoms with Crippen LogP contribution in [0.5, 0.6) is 5.75 Å². The third-order valence-electron chi connectivity index (χ3n) is 4.53. The number of hydrogen-bond acceptors (Lipinski definition) is 4. The molecule has 1 aromatic heterocycles. The van der Waals surface area contributed by atoms with Gasteiger partial charge in [-0.25, -0.2) is 0 Å². The van der Waals surface area contributed by atoms with Crippen LogP contribution in [0.3, 0.4) is 0 Å². The Balaban J connectivity index is 1.44. The molecule has 30 heavy (non-hydrogen) atoms. The summed E-state index contributed by atoms with van der Waals surface area (Å²) in [7, 11) is 1.55. The minimum atomic E-state index is -0.326. The molecule has 3 aromatic rings. The van der Waals surface area contributed by atoms with Crippen molar-refractivity contribution in [2.45, 2.75) is 13.1 Å². The Bertz CT molecular complexity index is 1060. The van der Waals surface area contributed by atoms with Crippen LogP contribution in [0.4, 0.5) is 0 Å². The van der Waals surface area contributed by atoms with Crippen LogP contribution >= 0.6 is 0 Å². The standard InChI is InChI=1S/C23H23N3O4/c1-30-20-11-9-19(10-12-20)23(29)25-15-21(27)24-14-17-5-7-18(8-6-17)16-26-13-3-2-4-22(26)28/h2-13H,14-16H2,1H3,(H,24,27)(H,25,29). The first-order valence-corrected chi connectivity index (χ1v) is 9.47. The SMILES string of the molecule is COc1ccc(C(=O)NCC(=O)NCc2ccc(Cn3ccccc3=O)cc2)cc1. The molecule has 0 aliphatic rings.